The van der Waals surface area contributed by atoms with E-state index in [1.807, 2.05) is 42.5 Å². The molecule has 0 saturated heterocycles. The predicted octanol–water partition coefficient (Wildman–Crippen LogP) is 6.14. The van der Waals surface area contributed by atoms with Gasteiger partial charge in [-0.05, 0) is 29.8 Å². The number of benzene rings is 3. The highest BCUT2D eigenvalue weighted by molar-refractivity contribution is 6.36. The number of hydrogen-bond donors (Lipinski definition) is 0. The quantitative estimate of drug-likeness (QED) is 0.233. The summed E-state index contributed by atoms with van der Waals surface area (Å²) in [6, 6.07) is 22.4. The molecule has 0 N–H and O–H groups in total. The minimum atomic E-state index is -0.542. The molecule has 0 aliphatic carbocycles. The van der Waals surface area contributed by atoms with Gasteiger partial charge >= 0.3 is 5.97 Å². The molecule has 1 aromatic heterocycles. The van der Waals surface area contributed by atoms with Crippen molar-refractivity contribution in [3.63, 3.8) is 0 Å². The highest BCUT2D eigenvalue weighted by Gasteiger charge is 2.27. The van der Waals surface area contributed by atoms with E-state index in [9.17, 15) is 9.59 Å². The molecule has 2 heterocycles. The van der Waals surface area contributed by atoms with Gasteiger partial charge in [0.2, 0.25) is 5.78 Å². The summed E-state index contributed by atoms with van der Waals surface area (Å²) in [5.41, 5.74) is 4.43. The summed E-state index contributed by atoms with van der Waals surface area (Å²) in [6.45, 7) is 1.77. The Kier molecular flexibility index (Phi) is 6.82. The van der Waals surface area contributed by atoms with Crippen LogP contribution in [0.5, 0.6) is 0 Å². The third-order valence-electron chi connectivity index (χ3n) is 6.14. The first kappa shape index (κ1) is 23.5. The molecule has 0 atom stereocenters. The van der Waals surface area contributed by atoms with Crippen LogP contribution >= 0.6 is 23.2 Å². The summed E-state index contributed by atoms with van der Waals surface area (Å²) in [6.07, 6.45) is 0.729. The van der Waals surface area contributed by atoms with Gasteiger partial charge in [0.25, 0.3) is 0 Å². The Morgan fingerprint density at radius 1 is 0.971 bits per heavy atom. The highest BCUT2D eigenvalue weighted by Crippen LogP contribution is 2.30. The Labute approximate surface area is 213 Å². The molecule has 35 heavy (non-hydrogen) atoms. The smallest absolute Gasteiger partial charge is 0.339 e. The normalized spacial score (nSPS) is 13.4. The standard InChI is InChI=1S/C28H22Cl2N2O3/c29-19-10-11-20(23(30)14-19)26(33)17-35-28(34)27-21-8-4-5-9-24(21)31-25-12-13-32(16-22(25)27)15-18-6-2-1-3-7-18/h1-11,14H,12-13,15-17H2. The maximum atomic E-state index is 13.4. The van der Waals surface area contributed by atoms with Gasteiger partial charge in [-0.25, -0.2) is 4.79 Å². The number of ether oxygens (including phenoxy) is 1. The van der Waals surface area contributed by atoms with Crippen LogP contribution < -0.4 is 0 Å². The predicted molar refractivity (Wildman–Crippen MR) is 137 cm³/mol. The van der Waals surface area contributed by atoms with E-state index in [-0.39, 0.29) is 10.6 Å². The number of nitrogens with zero attached hydrogens (tertiary/aromatic N) is 2. The molecule has 0 bridgehead atoms. The lowest BCUT2D eigenvalue weighted by Gasteiger charge is -2.30. The van der Waals surface area contributed by atoms with Gasteiger partial charge in [0.15, 0.2) is 6.61 Å². The summed E-state index contributed by atoms with van der Waals surface area (Å²) in [5.74, 6) is -0.933. The fourth-order valence-electron chi connectivity index (χ4n) is 4.45. The molecule has 0 radical (unpaired) electrons. The molecule has 0 fully saturated rings. The van der Waals surface area contributed by atoms with Crippen molar-refractivity contribution in [3.05, 3.63) is 111 Å². The van der Waals surface area contributed by atoms with Crippen molar-refractivity contribution in [2.24, 2.45) is 0 Å². The number of Topliss-reactive ketones (excluding diaryl/α,β-unsaturated/α-hetero) is 1. The molecule has 5 rings (SSSR count). The fourth-order valence-corrected chi connectivity index (χ4v) is 4.97. The van der Waals surface area contributed by atoms with Crippen LogP contribution in [0, 0.1) is 0 Å². The van der Waals surface area contributed by atoms with E-state index in [2.05, 4.69) is 17.0 Å². The number of esters is 1. The molecule has 176 valence electrons. The number of ketones is 1. The minimum absolute atomic E-state index is 0.224. The molecule has 4 aromatic rings. The monoisotopic (exact) mass is 504 g/mol. The largest absolute Gasteiger partial charge is 0.454 e. The first-order chi connectivity index (χ1) is 17.0. The first-order valence-electron chi connectivity index (χ1n) is 11.3. The summed E-state index contributed by atoms with van der Waals surface area (Å²) in [5, 5.41) is 1.37. The maximum absolute atomic E-state index is 13.4. The molecule has 0 unspecified atom stereocenters. The number of rotatable bonds is 6. The van der Waals surface area contributed by atoms with E-state index in [1.165, 1.54) is 17.7 Å². The number of halogens is 2. The van der Waals surface area contributed by atoms with Crippen LogP contribution in [0.3, 0.4) is 0 Å². The Balaban J connectivity index is 1.43. The fraction of sp³-hybridized carbons (Fsp3) is 0.179. The van der Waals surface area contributed by atoms with Gasteiger partial charge < -0.3 is 4.74 Å². The number of hydrogen-bond acceptors (Lipinski definition) is 5. The van der Waals surface area contributed by atoms with Crippen LogP contribution in [-0.2, 0) is 24.2 Å². The number of pyridine rings is 1. The lowest BCUT2D eigenvalue weighted by Crippen LogP contribution is -2.32. The zero-order valence-electron chi connectivity index (χ0n) is 18.8. The third kappa shape index (κ3) is 5.08. The van der Waals surface area contributed by atoms with E-state index in [0.29, 0.717) is 17.1 Å². The Bertz CT molecular complexity index is 1420. The number of fused-ring (bicyclic) bond motifs is 2. The van der Waals surface area contributed by atoms with Crippen LogP contribution in [0.4, 0.5) is 0 Å². The number of para-hydroxylation sites is 1. The molecule has 7 heteroatoms. The summed E-state index contributed by atoms with van der Waals surface area (Å²) >= 11 is 12.1. The topological polar surface area (TPSA) is 59.5 Å². The van der Waals surface area contributed by atoms with Crippen LogP contribution in [0.25, 0.3) is 10.9 Å². The van der Waals surface area contributed by atoms with Gasteiger partial charge in [0.05, 0.1) is 16.1 Å². The van der Waals surface area contributed by atoms with Crippen molar-refractivity contribution in [3.8, 4) is 0 Å². The average molecular weight is 505 g/mol. The van der Waals surface area contributed by atoms with E-state index < -0.39 is 18.4 Å². The average Bonchev–Trinajstić information content (AvgIpc) is 2.86. The molecule has 0 spiro atoms. The summed E-state index contributed by atoms with van der Waals surface area (Å²) in [7, 11) is 0. The van der Waals surface area contributed by atoms with E-state index >= 15 is 0 Å². The summed E-state index contributed by atoms with van der Waals surface area (Å²) in [4.78, 5) is 33.2. The Morgan fingerprint density at radius 2 is 1.74 bits per heavy atom. The molecule has 0 saturated carbocycles. The van der Waals surface area contributed by atoms with Crippen LogP contribution in [-0.4, -0.2) is 34.8 Å². The van der Waals surface area contributed by atoms with E-state index in [4.69, 9.17) is 32.9 Å². The zero-order chi connectivity index (χ0) is 24.4. The van der Waals surface area contributed by atoms with Crippen LogP contribution in [0.1, 0.15) is 37.5 Å². The van der Waals surface area contributed by atoms with Crippen molar-refractivity contribution >= 4 is 45.9 Å². The molecular weight excluding hydrogens is 483 g/mol. The van der Waals surface area contributed by atoms with Crippen molar-refractivity contribution < 1.29 is 14.3 Å². The van der Waals surface area contributed by atoms with Gasteiger partial charge in [-0.2, -0.15) is 0 Å². The lowest BCUT2D eigenvalue weighted by atomic mass is 9.95. The van der Waals surface area contributed by atoms with Crippen molar-refractivity contribution in [2.45, 2.75) is 19.5 Å². The molecule has 5 nitrogen and oxygen atoms in total. The minimum Gasteiger partial charge on any atom is -0.454 e. The van der Waals surface area contributed by atoms with E-state index in [1.54, 1.807) is 6.07 Å². The van der Waals surface area contributed by atoms with Crippen molar-refractivity contribution in [2.75, 3.05) is 13.2 Å². The van der Waals surface area contributed by atoms with Gasteiger partial charge in [0.1, 0.15) is 0 Å². The molecule has 3 aromatic carbocycles. The number of carbonyl (C=O) groups is 2. The Hall–Kier alpha value is -3.25. The third-order valence-corrected chi connectivity index (χ3v) is 6.69. The van der Waals surface area contributed by atoms with Crippen LogP contribution in [0.15, 0.2) is 72.8 Å². The SMILES string of the molecule is O=C(COC(=O)c1c2c(nc3ccccc13)CCN(Cc1ccccc1)C2)c1ccc(Cl)cc1Cl. The van der Waals surface area contributed by atoms with Crippen LogP contribution in [0.2, 0.25) is 10.0 Å². The molecular formula is C28H22Cl2N2O3. The lowest BCUT2D eigenvalue weighted by molar-refractivity contribution is 0.0473. The van der Waals surface area contributed by atoms with Crippen molar-refractivity contribution in [1.82, 2.24) is 9.88 Å². The zero-order valence-corrected chi connectivity index (χ0v) is 20.4. The first-order valence-corrected chi connectivity index (χ1v) is 12.1. The second kappa shape index (κ2) is 10.2. The second-order valence-electron chi connectivity index (χ2n) is 8.50. The van der Waals surface area contributed by atoms with E-state index in [0.717, 1.165) is 41.7 Å². The molecule has 1 aliphatic rings. The van der Waals surface area contributed by atoms with Gasteiger partial charge in [-0.15, -0.1) is 0 Å². The highest BCUT2D eigenvalue weighted by atomic mass is 35.5. The Morgan fingerprint density at radius 3 is 2.54 bits per heavy atom. The van der Waals surface area contributed by atoms with Gasteiger partial charge in [0, 0.05) is 53.3 Å². The van der Waals surface area contributed by atoms with Gasteiger partial charge in [-0.3, -0.25) is 14.7 Å². The number of aromatic nitrogens is 1. The van der Waals surface area contributed by atoms with Crippen molar-refractivity contribution in [1.29, 1.82) is 0 Å². The molecule has 0 amide bonds. The second-order valence-corrected chi connectivity index (χ2v) is 9.34. The maximum Gasteiger partial charge on any atom is 0.339 e. The molecule has 1 aliphatic heterocycles. The number of carbonyl (C=O) groups excluding carboxylic acids is 2. The summed E-state index contributed by atoms with van der Waals surface area (Å²) < 4.78 is 5.53. The van der Waals surface area contributed by atoms with Gasteiger partial charge in [-0.1, -0.05) is 71.7 Å².